The van der Waals surface area contributed by atoms with Crippen LogP contribution in [0.25, 0.3) is 10.9 Å². The lowest BCUT2D eigenvalue weighted by Gasteiger charge is -2.25. The summed E-state index contributed by atoms with van der Waals surface area (Å²) in [5.41, 5.74) is 12.4. The fraction of sp³-hybridized carbons (Fsp3) is 0.500. The number of rotatable bonds is 4. The molecule has 150 valence electrons. The molecule has 1 aromatic carbocycles. The summed E-state index contributed by atoms with van der Waals surface area (Å²) in [6.45, 7) is 4.97. The molecule has 2 aliphatic rings. The highest BCUT2D eigenvalue weighted by Gasteiger charge is 2.35. The molecule has 4 rings (SSSR count). The molecule has 1 saturated heterocycles. The summed E-state index contributed by atoms with van der Waals surface area (Å²) < 4.78 is 17.2. The minimum absolute atomic E-state index is 0.0407. The van der Waals surface area contributed by atoms with Crippen LogP contribution >= 0.6 is 0 Å². The predicted octanol–water partition coefficient (Wildman–Crippen LogP) is 2.24. The van der Waals surface area contributed by atoms with Crippen LogP contribution < -0.4 is 21.8 Å². The molecule has 1 aliphatic carbocycles. The third-order valence-corrected chi connectivity index (χ3v) is 6.16. The summed E-state index contributed by atoms with van der Waals surface area (Å²) in [6.07, 6.45) is 4.05. The summed E-state index contributed by atoms with van der Waals surface area (Å²) in [7, 11) is 0. The number of aromatic nitrogens is 1. The van der Waals surface area contributed by atoms with Crippen LogP contribution in [0.2, 0.25) is 0 Å². The number of halogens is 1. The Morgan fingerprint density at radius 2 is 2.04 bits per heavy atom. The Labute approximate surface area is 161 Å². The van der Waals surface area contributed by atoms with Gasteiger partial charge < -0.3 is 26.0 Å². The number of aromatic carboxylic acids is 1. The molecule has 1 aliphatic heterocycles. The van der Waals surface area contributed by atoms with Crippen molar-refractivity contribution in [3.05, 3.63) is 33.4 Å². The molecule has 0 unspecified atom stereocenters. The van der Waals surface area contributed by atoms with E-state index in [1.54, 1.807) is 11.5 Å². The lowest BCUT2D eigenvalue weighted by atomic mass is 10.0. The van der Waals surface area contributed by atoms with E-state index in [4.69, 9.17) is 11.5 Å². The second kappa shape index (κ2) is 6.48. The van der Waals surface area contributed by atoms with Gasteiger partial charge in [-0.05, 0) is 31.2 Å². The van der Waals surface area contributed by atoms with Crippen molar-refractivity contribution in [2.75, 3.05) is 23.7 Å². The molecule has 1 saturated carbocycles. The van der Waals surface area contributed by atoms with E-state index >= 15 is 4.39 Å². The van der Waals surface area contributed by atoms with Crippen molar-refractivity contribution < 1.29 is 14.3 Å². The second-order valence-electron chi connectivity index (χ2n) is 7.98. The van der Waals surface area contributed by atoms with E-state index in [1.165, 1.54) is 6.20 Å². The summed E-state index contributed by atoms with van der Waals surface area (Å²) in [4.78, 5) is 26.3. The number of hydrogen-bond donors (Lipinski definition) is 3. The number of fused-ring (bicyclic) bond motifs is 1. The fourth-order valence-corrected chi connectivity index (χ4v) is 4.46. The Morgan fingerprint density at radius 1 is 1.36 bits per heavy atom. The minimum atomic E-state index is -1.33. The molecule has 8 heteroatoms. The van der Waals surface area contributed by atoms with E-state index in [1.807, 2.05) is 4.90 Å². The van der Waals surface area contributed by atoms with E-state index in [9.17, 15) is 14.7 Å². The van der Waals surface area contributed by atoms with Crippen LogP contribution in [-0.2, 0) is 0 Å². The van der Waals surface area contributed by atoms with Crippen LogP contribution in [0.15, 0.2) is 11.0 Å². The van der Waals surface area contributed by atoms with Crippen LogP contribution in [0.1, 0.15) is 48.1 Å². The Balaban J connectivity index is 2.03. The standard InChI is InChI=1S/C20H25FN4O3/c1-3-10-6-24(8-13(10)22)18-9(2)17-14(16(23)15(18)21)19(26)12(20(27)28)7-25(17)11-4-5-11/h7,10-11,13H,3-6,8,22-23H2,1-2H3,(H,27,28)/t10-,13+/m0/s1. The molecule has 0 amide bonds. The van der Waals surface area contributed by atoms with Crippen molar-refractivity contribution in [2.24, 2.45) is 11.7 Å². The van der Waals surface area contributed by atoms with Gasteiger partial charge in [0.2, 0.25) is 5.43 Å². The molecule has 7 nitrogen and oxygen atoms in total. The average Bonchev–Trinajstić information content (AvgIpc) is 3.42. The van der Waals surface area contributed by atoms with Gasteiger partial charge >= 0.3 is 5.97 Å². The number of carboxylic acid groups (broad SMARTS) is 1. The van der Waals surface area contributed by atoms with Crippen molar-refractivity contribution in [2.45, 2.75) is 45.2 Å². The highest BCUT2D eigenvalue weighted by molar-refractivity contribution is 6.01. The normalized spacial score (nSPS) is 22.2. The van der Waals surface area contributed by atoms with Crippen LogP contribution in [0.4, 0.5) is 15.8 Å². The number of nitrogens with two attached hydrogens (primary N) is 2. The first-order chi connectivity index (χ1) is 13.3. The minimum Gasteiger partial charge on any atom is -0.477 e. The molecule has 2 fully saturated rings. The summed E-state index contributed by atoms with van der Waals surface area (Å²) in [5.74, 6) is -1.74. The largest absolute Gasteiger partial charge is 0.477 e. The molecule has 0 spiro atoms. The average molecular weight is 388 g/mol. The van der Waals surface area contributed by atoms with Gasteiger partial charge in [-0.15, -0.1) is 0 Å². The van der Waals surface area contributed by atoms with Crippen molar-refractivity contribution in [1.82, 2.24) is 4.57 Å². The molecular formula is C20H25FN4O3. The smallest absolute Gasteiger partial charge is 0.341 e. The SMILES string of the molecule is CC[C@H]1CN(c2c(F)c(N)c3c(=O)c(C(=O)O)cn(C4CC4)c3c2C)C[C@H]1N. The highest BCUT2D eigenvalue weighted by atomic mass is 19.1. The van der Waals surface area contributed by atoms with Crippen LogP contribution in [-0.4, -0.2) is 34.8 Å². The molecule has 1 aromatic heterocycles. The molecule has 28 heavy (non-hydrogen) atoms. The third kappa shape index (κ3) is 2.66. The maximum atomic E-state index is 15.4. The zero-order chi connectivity index (χ0) is 20.3. The lowest BCUT2D eigenvalue weighted by molar-refractivity contribution is 0.0695. The van der Waals surface area contributed by atoms with Gasteiger partial charge in [-0.3, -0.25) is 4.79 Å². The Bertz CT molecular complexity index is 1040. The van der Waals surface area contributed by atoms with E-state index in [0.29, 0.717) is 29.9 Å². The number of anilines is 2. The number of nitrogen functional groups attached to an aromatic ring is 1. The van der Waals surface area contributed by atoms with Gasteiger partial charge in [0, 0.05) is 31.4 Å². The van der Waals surface area contributed by atoms with Gasteiger partial charge in [0.1, 0.15) is 5.56 Å². The number of carbonyl (C=O) groups is 1. The second-order valence-corrected chi connectivity index (χ2v) is 7.98. The molecule has 2 atom stereocenters. The number of nitrogens with zero attached hydrogens (tertiary/aromatic N) is 2. The first-order valence-electron chi connectivity index (χ1n) is 9.66. The zero-order valence-corrected chi connectivity index (χ0v) is 16.0. The molecule has 0 bridgehead atoms. The van der Waals surface area contributed by atoms with Gasteiger partial charge in [-0.2, -0.15) is 0 Å². The van der Waals surface area contributed by atoms with Gasteiger partial charge in [0.15, 0.2) is 5.82 Å². The first-order valence-corrected chi connectivity index (χ1v) is 9.66. The quantitative estimate of drug-likeness (QED) is 0.692. The fourth-order valence-electron chi connectivity index (χ4n) is 4.46. The number of benzene rings is 1. The van der Waals surface area contributed by atoms with Gasteiger partial charge in [-0.1, -0.05) is 13.3 Å². The number of hydrogen-bond acceptors (Lipinski definition) is 5. The number of pyridine rings is 1. The topological polar surface area (TPSA) is 115 Å². The van der Waals surface area contributed by atoms with Crippen molar-refractivity contribution in [1.29, 1.82) is 0 Å². The van der Waals surface area contributed by atoms with E-state index < -0.39 is 17.2 Å². The van der Waals surface area contributed by atoms with Gasteiger partial charge in [0.25, 0.3) is 0 Å². The predicted molar refractivity (Wildman–Crippen MR) is 107 cm³/mol. The molecule has 0 radical (unpaired) electrons. The van der Waals surface area contributed by atoms with Gasteiger partial charge in [-0.25, -0.2) is 9.18 Å². The first kappa shape index (κ1) is 18.7. The van der Waals surface area contributed by atoms with Crippen molar-refractivity contribution in [3.8, 4) is 0 Å². The monoisotopic (exact) mass is 388 g/mol. The van der Waals surface area contributed by atoms with Crippen LogP contribution in [0.5, 0.6) is 0 Å². The molecular weight excluding hydrogens is 363 g/mol. The molecule has 5 N–H and O–H groups in total. The molecule has 2 aromatic rings. The zero-order valence-electron chi connectivity index (χ0n) is 16.0. The summed E-state index contributed by atoms with van der Waals surface area (Å²) >= 11 is 0. The number of aryl methyl sites for hydroxylation is 1. The Kier molecular flexibility index (Phi) is 4.33. The number of carboxylic acids is 1. The van der Waals surface area contributed by atoms with Crippen molar-refractivity contribution in [3.63, 3.8) is 0 Å². The summed E-state index contributed by atoms with van der Waals surface area (Å²) in [6, 6.07) is 0.0440. The highest BCUT2D eigenvalue weighted by Crippen LogP contribution is 2.42. The Morgan fingerprint density at radius 3 is 2.57 bits per heavy atom. The third-order valence-electron chi connectivity index (χ3n) is 6.16. The summed E-state index contributed by atoms with van der Waals surface area (Å²) in [5, 5.41) is 9.38. The Hall–Kier alpha value is -2.61. The van der Waals surface area contributed by atoms with E-state index in [-0.39, 0.29) is 34.6 Å². The van der Waals surface area contributed by atoms with Gasteiger partial charge in [0.05, 0.1) is 22.3 Å². The van der Waals surface area contributed by atoms with Crippen LogP contribution in [0.3, 0.4) is 0 Å². The lowest BCUT2D eigenvalue weighted by Crippen LogP contribution is -2.30. The maximum Gasteiger partial charge on any atom is 0.341 e. The van der Waals surface area contributed by atoms with E-state index in [2.05, 4.69) is 6.92 Å². The molecule has 2 heterocycles. The van der Waals surface area contributed by atoms with E-state index in [0.717, 1.165) is 19.3 Å². The van der Waals surface area contributed by atoms with Crippen LogP contribution in [0, 0.1) is 18.7 Å². The van der Waals surface area contributed by atoms with Crippen molar-refractivity contribution >= 4 is 28.2 Å². The maximum absolute atomic E-state index is 15.4.